The minimum atomic E-state index is -0.291. The fourth-order valence-corrected chi connectivity index (χ4v) is 2.07. The van der Waals surface area contributed by atoms with Crippen molar-refractivity contribution < 1.29 is 9.13 Å². The molecule has 1 aromatic rings. The van der Waals surface area contributed by atoms with Crippen LogP contribution < -0.4 is 10.5 Å². The van der Waals surface area contributed by atoms with Crippen LogP contribution in [0.15, 0.2) is 18.2 Å². The lowest BCUT2D eigenvalue weighted by atomic mass is 10.1. The van der Waals surface area contributed by atoms with E-state index in [9.17, 15) is 4.39 Å². The zero-order chi connectivity index (χ0) is 14.5. The molecule has 0 atom stereocenters. The number of benzene rings is 1. The maximum absolute atomic E-state index is 13.7. The third-order valence-corrected chi connectivity index (χ3v) is 2.76. The first-order valence-electron chi connectivity index (χ1n) is 6.70. The summed E-state index contributed by atoms with van der Waals surface area (Å²) in [6.45, 7) is 7.99. The number of halogens is 1. The SMILES string of the molecule is CCOc1ccc(CCN(C)CC(C)(C)N)cc1F. The molecule has 0 unspecified atom stereocenters. The molecular weight excluding hydrogens is 243 g/mol. The van der Waals surface area contributed by atoms with Crippen LogP contribution in [-0.2, 0) is 6.42 Å². The minimum absolute atomic E-state index is 0.210. The molecule has 0 saturated carbocycles. The van der Waals surface area contributed by atoms with Gasteiger partial charge < -0.3 is 15.4 Å². The number of nitrogens with two attached hydrogens (primary N) is 1. The molecule has 0 spiro atoms. The van der Waals surface area contributed by atoms with Gasteiger partial charge in [-0.05, 0) is 51.9 Å². The van der Waals surface area contributed by atoms with Crippen molar-refractivity contribution >= 4 is 0 Å². The number of ether oxygens (including phenoxy) is 1. The van der Waals surface area contributed by atoms with Crippen LogP contribution >= 0.6 is 0 Å². The van der Waals surface area contributed by atoms with E-state index < -0.39 is 0 Å². The Morgan fingerprint density at radius 2 is 2.05 bits per heavy atom. The van der Waals surface area contributed by atoms with E-state index in [0.29, 0.717) is 12.4 Å². The Morgan fingerprint density at radius 1 is 1.37 bits per heavy atom. The fourth-order valence-electron chi connectivity index (χ4n) is 2.07. The smallest absolute Gasteiger partial charge is 0.165 e. The Hall–Kier alpha value is -1.13. The molecule has 0 heterocycles. The van der Waals surface area contributed by atoms with Crippen LogP contribution in [-0.4, -0.2) is 37.2 Å². The summed E-state index contributed by atoms with van der Waals surface area (Å²) in [5.41, 5.74) is 6.73. The molecule has 3 nitrogen and oxygen atoms in total. The second kappa shape index (κ2) is 6.87. The lowest BCUT2D eigenvalue weighted by molar-refractivity contribution is 0.272. The van der Waals surface area contributed by atoms with Gasteiger partial charge in [0.2, 0.25) is 0 Å². The van der Waals surface area contributed by atoms with Crippen molar-refractivity contribution in [2.45, 2.75) is 32.7 Å². The van der Waals surface area contributed by atoms with E-state index in [1.54, 1.807) is 12.1 Å². The summed E-state index contributed by atoms with van der Waals surface area (Å²) >= 11 is 0. The average molecular weight is 268 g/mol. The largest absolute Gasteiger partial charge is 0.491 e. The Morgan fingerprint density at radius 3 is 2.58 bits per heavy atom. The fraction of sp³-hybridized carbons (Fsp3) is 0.600. The van der Waals surface area contributed by atoms with E-state index in [4.69, 9.17) is 10.5 Å². The first-order valence-corrected chi connectivity index (χ1v) is 6.70. The predicted octanol–water partition coefficient (Wildman–Crippen LogP) is 2.44. The molecule has 0 fully saturated rings. The summed E-state index contributed by atoms with van der Waals surface area (Å²) in [6.07, 6.45) is 0.801. The van der Waals surface area contributed by atoms with Crippen molar-refractivity contribution in [3.63, 3.8) is 0 Å². The number of hydrogen-bond donors (Lipinski definition) is 1. The number of nitrogens with zero attached hydrogens (tertiary/aromatic N) is 1. The highest BCUT2D eigenvalue weighted by atomic mass is 19.1. The molecule has 0 aliphatic rings. The van der Waals surface area contributed by atoms with E-state index in [-0.39, 0.29) is 11.4 Å². The normalized spacial score (nSPS) is 11.9. The number of hydrogen-bond acceptors (Lipinski definition) is 3. The topological polar surface area (TPSA) is 38.5 Å². The van der Waals surface area contributed by atoms with Crippen molar-refractivity contribution in [3.05, 3.63) is 29.6 Å². The molecule has 1 rings (SSSR count). The van der Waals surface area contributed by atoms with Crippen LogP contribution in [0.25, 0.3) is 0 Å². The van der Waals surface area contributed by atoms with Crippen LogP contribution in [0.1, 0.15) is 26.3 Å². The summed E-state index contributed by atoms with van der Waals surface area (Å²) in [5.74, 6) is 0.0313. The van der Waals surface area contributed by atoms with E-state index in [1.807, 2.05) is 33.9 Å². The third-order valence-electron chi connectivity index (χ3n) is 2.76. The van der Waals surface area contributed by atoms with E-state index in [0.717, 1.165) is 25.1 Å². The molecule has 1 aromatic carbocycles. The van der Waals surface area contributed by atoms with Gasteiger partial charge in [-0.1, -0.05) is 6.07 Å². The summed E-state index contributed by atoms with van der Waals surface area (Å²) in [6, 6.07) is 5.16. The quantitative estimate of drug-likeness (QED) is 0.825. The molecule has 0 radical (unpaired) electrons. The highest BCUT2D eigenvalue weighted by molar-refractivity contribution is 5.29. The van der Waals surface area contributed by atoms with Crippen LogP contribution in [0, 0.1) is 5.82 Å². The number of rotatable bonds is 7. The van der Waals surface area contributed by atoms with Gasteiger partial charge in [0.1, 0.15) is 0 Å². The summed E-state index contributed by atoms with van der Waals surface area (Å²) < 4.78 is 18.9. The Bertz CT molecular complexity index is 402. The summed E-state index contributed by atoms with van der Waals surface area (Å²) in [4.78, 5) is 2.16. The lowest BCUT2D eigenvalue weighted by Crippen LogP contribution is -2.44. The van der Waals surface area contributed by atoms with Crippen LogP contribution in [0.4, 0.5) is 4.39 Å². The van der Waals surface area contributed by atoms with E-state index in [1.165, 1.54) is 0 Å². The maximum atomic E-state index is 13.7. The van der Waals surface area contributed by atoms with E-state index in [2.05, 4.69) is 4.90 Å². The second-order valence-corrected chi connectivity index (χ2v) is 5.67. The Kier molecular flexibility index (Phi) is 5.76. The van der Waals surface area contributed by atoms with Crippen LogP contribution in [0.5, 0.6) is 5.75 Å². The molecule has 108 valence electrons. The number of likely N-dealkylation sites (N-methyl/N-ethyl adjacent to an activating group) is 1. The van der Waals surface area contributed by atoms with Gasteiger partial charge in [0.15, 0.2) is 11.6 Å². The molecular formula is C15H25FN2O. The third kappa shape index (κ3) is 6.03. The summed E-state index contributed by atoms with van der Waals surface area (Å²) in [5, 5.41) is 0. The second-order valence-electron chi connectivity index (χ2n) is 5.67. The highest BCUT2D eigenvalue weighted by Crippen LogP contribution is 2.18. The first kappa shape index (κ1) is 15.9. The molecule has 0 aliphatic heterocycles. The predicted molar refractivity (Wildman–Crippen MR) is 77.0 cm³/mol. The van der Waals surface area contributed by atoms with Gasteiger partial charge >= 0.3 is 0 Å². The molecule has 0 amide bonds. The molecule has 0 aliphatic carbocycles. The molecule has 19 heavy (non-hydrogen) atoms. The first-order chi connectivity index (χ1) is 8.81. The molecule has 0 saturated heterocycles. The van der Waals surface area contributed by atoms with Crippen molar-refractivity contribution in [2.24, 2.45) is 5.73 Å². The van der Waals surface area contributed by atoms with E-state index >= 15 is 0 Å². The van der Waals surface area contributed by atoms with Gasteiger partial charge in [-0.25, -0.2) is 4.39 Å². The molecule has 0 bridgehead atoms. The zero-order valence-corrected chi connectivity index (χ0v) is 12.4. The van der Waals surface area contributed by atoms with Gasteiger partial charge in [0.25, 0.3) is 0 Å². The van der Waals surface area contributed by atoms with Gasteiger partial charge in [0, 0.05) is 18.6 Å². The van der Waals surface area contributed by atoms with Crippen molar-refractivity contribution in [3.8, 4) is 5.75 Å². The lowest BCUT2D eigenvalue weighted by Gasteiger charge is -2.26. The van der Waals surface area contributed by atoms with Gasteiger partial charge in [-0.2, -0.15) is 0 Å². The Balaban J connectivity index is 2.52. The highest BCUT2D eigenvalue weighted by Gasteiger charge is 2.13. The minimum Gasteiger partial charge on any atom is -0.491 e. The summed E-state index contributed by atoms with van der Waals surface area (Å²) in [7, 11) is 2.03. The van der Waals surface area contributed by atoms with Crippen molar-refractivity contribution in [1.82, 2.24) is 4.90 Å². The van der Waals surface area contributed by atoms with Crippen molar-refractivity contribution in [1.29, 1.82) is 0 Å². The van der Waals surface area contributed by atoms with Gasteiger partial charge in [-0.15, -0.1) is 0 Å². The van der Waals surface area contributed by atoms with Crippen LogP contribution in [0.2, 0.25) is 0 Å². The van der Waals surface area contributed by atoms with Gasteiger partial charge in [-0.3, -0.25) is 0 Å². The Labute approximate surface area is 115 Å². The molecule has 0 aromatic heterocycles. The van der Waals surface area contributed by atoms with Gasteiger partial charge in [0.05, 0.1) is 6.61 Å². The van der Waals surface area contributed by atoms with Crippen LogP contribution in [0.3, 0.4) is 0 Å². The average Bonchev–Trinajstić information content (AvgIpc) is 2.27. The van der Waals surface area contributed by atoms with Crippen molar-refractivity contribution in [2.75, 3.05) is 26.7 Å². The molecule has 2 N–H and O–H groups in total. The standard InChI is InChI=1S/C15H25FN2O/c1-5-19-14-7-6-12(10-13(14)16)8-9-18(4)11-15(2,3)17/h6-7,10H,5,8-9,11,17H2,1-4H3. The molecule has 4 heteroatoms. The maximum Gasteiger partial charge on any atom is 0.165 e. The zero-order valence-electron chi connectivity index (χ0n) is 12.4. The monoisotopic (exact) mass is 268 g/mol.